The van der Waals surface area contributed by atoms with E-state index in [9.17, 15) is 13.2 Å². The van der Waals surface area contributed by atoms with E-state index in [1.807, 2.05) is 4.72 Å². The topological polar surface area (TPSA) is 75.7 Å². The lowest BCUT2D eigenvalue weighted by Gasteiger charge is -2.12. The highest BCUT2D eigenvalue weighted by atomic mass is 32.2. The van der Waals surface area contributed by atoms with Crippen LogP contribution in [-0.4, -0.2) is 32.3 Å². The molecular formula is C10H12N2O4S. The van der Waals surface area contributed by atoms with Gasteiger partial charge >= 0.3 is 10.2 Å². The molecule has 17 heavy (non-hydrogen) atoms. The zero-order valence-electron chi connectivity index (χ0n) is 9.21. The largest absolute Gasteiger partial charge is 0.497 e. The summed E-state index contributed by atoms with van der Waals surface area (Å²) in [4.78, 5) is 11.0. The molecule has 0 spiro atoms. The zero-order valence-corrected chi connectivity index (χ0v) is 10.0. The summed E-state index contributed by atoms with van der Waals surface area (Å²) >= 11 is 0. The van der Waals surface area contributed by atoms with Crippen LogP contribution in [0.3, 0.4) is 0 Å². The highest BCUT2D eigenvalue weighted by molar-refractivity contribution is 7.88. The van der Waals surface area contributed by atoms with Gasteiger partial charge in [-0.1, -0.05) is 12.1 Å². The molecule has 6 nitrogen and oxygen atoms in total. The second-order valence-electron chi connectivity index (χ2n) is 3.65. The van der Waals surface area contributed by atoms with E-state index in [0.29, 0.717) is 5.75 Å². The van der Waals surface area contributed by atoms with Crippen molar-refractivity contribution >= 4 is 16.1 Å². The van der Waals surface area contributed by atoms with Gasteiger partial charge in [-0.3, -0.25) is 4.79 Å². The van der Waals surface area contributed by atoms with E-state index in [1.54, 1.807) is 31.4 Å². The molecular weight excluding hydrogens is 244 g/mol. The van der Waals surface area contributed by atoms with Gasteiger partial charge in [0.05, 0.1) is 13.7 Å². The average molecular weight is 256 g/mol. The number of amides is 1. The Morgan fingerprint density at radius 1 is 1.35 bits per heavy atom. The van der Waals surface area contributed by atoms with Crippen LogP contribution in [0.4, 0.5) is 0 Å². The van der Waals surface area contributed by atoms with Gasteiger partial charge < -0.3 is 4.74 Å². The Morgan fingerprint density at radius 2 is 2.00 bits per heavy atom. The van der Waals surface area contributed by atoms with Crippen LogP contribution in [0.15, 0.2) is 24.3 Å². The van der Waals surface area contributed by atoms with E-state index >= 15 is 0 Å². The fourth-order valence-electron chi connectivity index (χ4n) is 1.56. The third kappa shape index (κ3) is 2.56. The van der Waals surface area contributed by atoms with Gasteiger partial charge in [0.25, 0.3) is 0 Å². The molecule has 1 fully saturated rings. The highest BCUT2D eigenvalue weighted by Crippen LogP contribution is 2.15. The third-order valence-electron chi connectivity index (χ3n) is 2.42. The molecule has 0 unspecified atom stereocenters. The van der Waals surface area contributed by atoms with Crippen molar-refractivity contribution in [2.45, 2.75) is 6.54 Å². The maximum atomic E-state index is 11.5. The minimum atomic E-state index is -3.65. The number of ether oxygens (including phenoxy) is 1. The highest BCUT2D eigenvalue weighted by Gasteiger charge is 2.33. The van der Waals surface area contributed by atoms with E-state index in [0.717, 1.165) is 9.87 Å². The number of rotatable bonds is 3. The first kappa shape index (κ1) is 11.9. The Labute approximate surface area is 99.4 Å². The summed E-state index contributed by atoms with van der Waals surface area (Å²) in [7, 11) is -2.09. The van der Waals surface area contributed by atoms with E-state index in [-0.39, 0.29) is 13.1 Å². The predicted octanol–water partition coefficient (Wildman–Crippen LogP) is -0.128. The number of nitrogens with one attached hydrogen (secondary N) is 1. The van der Waals surface area contributed by atoms with Gasteiger partial charge in [-0.05, 0) is 17.7 Å². The lowest BCUT2D eigenvalue weighted by atomic mass is 10.2. The van der Waals surface area contributed by atoms with Gasteiger partial charge in [-0.25, -0.2) is 4.72 Å². The molecule has 7 heteroatoms. The molecule has 1 heterocycles. The predicted molar refractivity (Wildman–Crippen MR) is 60.5 cm³/mol. The number of benzene rings is 1. The molecule has 92 valence electrons. The minimum Gasteiger partial charge on any atom is -0.497 e. The van der Waals surface area contributed by atoms with Crippen LogP contribution >= 0.6 is 0 Å². The molecule has 1 amide bonds. The molecule has 1 aliphatic heterocycles. The van der Waals surface area contributed by atoms with Crippen molar-refractivity contribution in [3.05, 3.63) is 29.8 Å². The van der Waals surface area contributed by atoms with Gasteiger partial charge in [0.15, 0.2) is 0 Å². The first-order valence-electron chi connectivity index (χ1n) is 4.95. The van der Waals surface area contributed by atoms with Crippen molar-refractivity contribution in [2.24, 2.45) is 0 Å². The average Bonchev–Trinajstić information content (AvgIpc) is 2.53. The van der Waals surface area contributed by atoms with Crippen LogP contribution in [0.25, 0.3) is 0 Å². The van der Waals surface area contributed by atoms with Crippen molar-refractivity contribution in [3.63, 3.8) is 0 Å². The molecule has 2 rings (SSSR count). The van der Waals surface area contributed by atoms with Crippen LogP contribution < -0.4 is 9.46 Å². The Kier molecular flexibility index (Phi) is 3.03. The summed E-state index contributed by atoms with van der Waals surface area (Å²) in [6.45, 7) is 0.0411. The van der Waals surface area contributed by atoms with E-state index < -0.39 is 16.1 Å². The monoisotopic (exact) mass is 256 g/mol. The first-order chi connectivity index (χ1) is 8.01. The number of hydrogen-bond donors (Lipinski definition) is 1. The Hall–Kier alpha value is -1.60. The number of nitrogens with zero attached hydrogens (tertiary/aromatic N) is 1. The van der Waals surface area contributed by atoms with Crippen molar-refractivity contribution in [3.8, 4) is 5.75 Å². The van der Waals surface area contributed by atoms with Crippen LogP contribution in [0.2, 0.25) is 0 Å². The summed E-state index contributed by atoms with van der Waals surface area (Å²) in [5, 5.41) is 0. The molecule has 1 aliphatic rings. The number of carbonyl (C=O) groups excluding carboxylic acids is 1. The lowest BCUT2D eigenvalue weighted by Crippen LogP contribution is -2.29. The molecule has 0 atom stereocenters. The van der Waals surface area contributed by atoms with Gasteiger partial charge in [0.2, 0.25) is 5.91 Å². The van der Waals surface area contributed by atoms with Gasteiger partial charge in [-0.15, -0.1) is 0 Å². The normalized spacial score (nSPS) is 19.0. The molecule has 1 aromatic carbocycles. The summed E-state index contributed by atoms with van der Waals surface area (Å²) in [5.41, 5.74) is 0.797. The minimum absolute atomic E-state index is 0.131. The van der Waals surface area contributed by atoms with Crippen LogP contribution in [0.5, 0.6) is 5.75 Å². The maximum Gasteiger partial charge on any atom is 0.304 e. The third-order valence-corrected chi connectivity index (χ3v) is 3.84. The van der Waals surface area contributed by atoms with Crippen LogP contribution in [0.1, 0.15) is 5.56 Å². The van der Waals surface area contributed by atoms with Crippen molar-refractivity contribution in [2.75, 3.05) is 13.7 Å². The second kappa shape index (κ2) is 4.34. The molecule has 0 radical (unpaired) electrons. The number of hydrogen-bond acceptors (Lipinski definition) is 4. The fraction of sp³-hybridized carbons (Fsp3) is 0.300. The van der Waals surface area contributed by atoms with Gasteiger partial charge in [0.1, 0.15) is 5.75 Å². The summed E-state index contributed by atoms with van der Waals surface area (Å²) in [6.07, 6.45) is 0. The van der Waals surface area contributed by atoms with E-state index in [4.69, 9.17) is 4.74 Å². The van der Waals surface area contributed by atoms with Crippen molar-refractivity contribution in [1.82, 2.24) is 9.03 Å². The molecule has 0 aliphatic carbocycles. The molecule has 1 N–H and O–H groups in total. The Balaban J connectivity index is 2.13. The Bertz CT molecular complexity index is 524. The quantitative estimate of drug-likeness (QED) is 0.817. The zero-order chi connectivity index (χ0) is 12.5. The smallest absolute Gasteiger partial charge is 0.304 e. The number of methoxy groups -OCH3 is 1. The second-order valence-corrected chi connectivity index (χ2v) is 5.32. The van der Waals surface area contributed by atoms with E-state index in [1.165, 1.54) is 0 Å². The number of carbonyl (C=O) groups is 1. The molecule has 0 bridgehead atoms. The van der Waals surface area contributed by atoms with Crippen LogP contribution in [0, 0.1) is 0 Å². The van der Waals surface area contributed by atoms with Crippen molar-refractivity contribution < 1.29 is 17.9 Å². The summed E-state index contributed by atoms with van der Waals surface area (Å²) in [6, 6.07) is 7.01. The van der Waals surface area contributed by atoms with Crippen molar-refractivity contribution in [1.29, 1.82) is 0 Å². The molecule has 1 saturated heterocycles. The van der Waals surface area contributed by atoms with Gasteiger partial charge in [-0.2, -0.15) is 12.7 Å². The SMILES string of the molecule is COc1ccc(CN2CC(=O)NS2(=O)=O)cc1. The fourth-order valence-corrected chi connectivity index (χ4v) is 2.65. The Morgan fingerprint density at radius 3 is 2.47 bits per heavy atom. The summed E-state index contributed by atoms with van der Waals surface area (Å²) < 4.78 is 31.0. The molecule has 1 aromatic rings. The summed E-state index contributed by atoms with van der Waals surface area (Å²) in [5.74, 6) is 0.200. The van der Waals surface area contributed by atoms with Crippen LogP contribution in [-0.2, 0) is 21.5 Å². The van der Waals surface area contributed by atoms with Gasteiger partial charge in [0, 0.05) is 6.54 Å². The first-order valence-corrected chi connectivity index (χ1v) is 6.39. The standard InChI is InChI=1S/C10H12N2O4S/c1-16-9-4-2-8(3-5-9)6-12-7-10(13)11-17(12,14)15/h2-5H,6-7H2,1H3,(H,11,13). The maximum absolute atomic E-state index is 11.5. The lowest BCUT2D eigenvalue weighted by molar-refractivity contribution is -0.118. The molecule has 0 saturated carbocycles. The van der Waals surface area contributed by atoms with E-state index in [2.05, 4.69) is 0 Å². The molecule has 0 aromatic heterocycles.